The number of hydrogen-bond donors (Lipinski definition) is 2. The van der Waals surface area contributed by atoms with Crippen LogP contribution >= 0.6 is 7.41 Å². The van der Waals surface area contributed by atoms with Gasteiger partial charge in [-0.05, 0) is 110 Å². The SMILES string of the molecule is CC/C=C\CCCCOC(CCC(=O)OCCCCCCN(CCCCCCCC(=O)OCCCCCCCCC)CCCNc1c(NC)c(=O)[p+]1=O)OCCCC/C=C\CC. The fourth-order valence-corrected chi connectivity index (χ4v) is 8.40. The van der Waals surface area contributed by atoms with Gasteiger partial charge < -0.3 is 34.5 Å². The summed E-state index contributed by atoms with van der Waals surface area (Å²) in [7, 11) is -0.276. The summed E-state index contributed by atoms with van der Waals surface area (Å²) < 4.78 is 35.3. The standard InChI is InChI=1S/C50H90N3O8P/c1-5-8-11-14-17-24-29-41-58-45(54)34-26-19-18-20-27-38-53(40-33-37-52-49-48(51-4)50(56)62(49)57)39-28-21-25-30-42-59-46(55)35-36-47(60-43-31-22-15-12-9-6-2)61-44-32-23-16-13-10-7-3/h9-10,12-13,47H,5-8,11,14-44H2,1-4H3,(H-,51,52,56,57)/p+1/b12-9-,13-10-. The molecule has 0 amide bonds. The van der Waals surface area contributed by atoms with Crippen LogP contribution in [0.2, 0.25) is 0 Å². The molecule has 12 heteroatoms. The van der Waals surface area contributed by atoms with Crippen molar-refractivity contribution in [3.05, 3.63) is 34.3 Å². The van der Waals surface area contributed by atoms with E-state index in [4.69, 9.17) is 18.9 Å². The highest BCUT2D eigenvalue weighted by atomic mass is 31.1. The van der Waals surface area contributed by atoms with Crippen molar-refractivity contribution in [2.75, 3.05) is 70.3 Å². The van der Waals surface area contributed by atoms with Crippen LogP contribution in [0.15, 0.2) is 29.1 Å². The molecule has 2 N–H and O–H groups in total. The highest BCUT2D eigenvalue weighted by molar-refractivity contribution is 7.42. The maximum Gasteiger partial charge on any atom is 0.480 e. The smallest absolute Gasteiger partial charge is 0.466 e. The molecular weight excluding hydrogens is 802 g/mol. The Morgan fingerprint density at radius 3 is 1.63 bits per heavy atom. The molecule has 0 aliphatic rings. The van der Waals surface area contributed by atoms with Gasteiger partial charge in [-0.15, -0.1) is 0 Å². The molecule has 11 nitrogen and oxygen atoms in total. The molecular formula is C50H91N3O8P+. The van der Waals surface area contributed by atoms with Crippen LogP contribution in [-0.4, -0.2) is 82.8 Å². The molecule has 0 aromatic carbocycles. The third kappa shape index (κ3) is 32.1. The first-order valence-corrected chi connectivity index (χ1v) is 26.4. The van der Waals surface area contributed by atoms with Crippen LogP contribution in [0.25, 0.3) is 0 Å². The van der Waals surface area contributed by atoms with E-state index in [2.05, 4.69) is 60.6 Å². The van der Waals surface area contributed by atoms with E-state index in [0.29, 0.717) is 63.3 Å². The van der Waals surface area contributed by atoms with Gasteiger partial charge in [-0.25, -0.2) is 4.79 Å². The summed E-state index contributed by atoms with van der Waals surface area (Å²) in [6.45, 7) is 12.4. The monoisotopic (exact) mass is 893 g/mol. The second-order valence-electron chi connectivity index (χ2n) is 16.7. The minimum Gasteiger partial charge on any atom is -0.466 e. The van der Waals surface area contributed by atoms with E-state index in [1.807, 2.05) is 0 Å². The van der Waals surface area contributed by atoms with E-state index < -0.39 is 7.41 Å². The second kappa shape index (κ2) is 42.4. The Kier molecular flexibility index (Phi) is 39.2. The van der Waals surface area contributed by atoms with E-state index in [1.54, 1.807) is 7.05 Å². The van der Waals surface area contributed by atoms with Crippen LogP contribution in [0.5, 0.6) is 0 Å². The Morgan fingerprint density at radius 1 is 0.597 bits per heavy atom. The zero-order valence-electron chi connectivity index (χ0n) is 40.0. The van der Waals surface area contributed by atoms with Crippen molar-refractivity contribution in [3.63, 3.8) is 0 Å². The molecule has 0 saturated carbocycles. The highest BCUT2D eigenvalue weighted by Crippen LogP contribution is 2.35. The van der Waals surface area contributed by atoms with Crippen molar-refractivity contribution in [2.45, 2.75) is 207 Å². The maximum absolute atomic E-state index is 12.6. The summed E-state index contributed by atoms with van der Waals surface area (Å²) in [6, 6.07) is 0. The average Bonchev–Trinajstić information content (AvgIpc) is 3.27. The number of nitrogens with one attached hydrogen (secondary N) is 2. The molecule has 0 aliphatic carbocycles. The zero-order valence-corrected chi connectivity index (χ0v) is 40.9. The van der Waals surface area contributed by atoms with Gasteiger partial charge in [-0.1, -0.05) is 120 Å². The highest BCUT2D eigenvalue weighted by Gasteiger charge is 2.33. The van der Waals surface area contributed by atoms with E-state index in [0.717, 1.165) is 148 Å². The van der Waals surface area contributed by atoms with Gasteiger partial charge in [-0.2, -0.15) is 0 Å². The normalized spacial score (nSPS) is 12.1. The van der Waals surface area contributed by atoms with Crippen LogP contribution in [0.4, 0.5) is 11.1 Å². The lowest BCUT2D eigenvalue weighted by Crippen LogP contribution is -2.28. The van der Waals surface area contributed by atoms with Crippen molar-refractivity contribution in [3.8, 4) is 0 Å². The molecule has 1 atom stereocenters. The van der Waals surface area contributed by atoms with Crippen molar-refractivity contribution in [2.24, 2.45) is 0 Å². The van der Waals surface area contributed by atoms with E-state index in [9.17, 15) is 18.9 Å². The number of ether oxygens (including phenoxy) is 4. The van der Waals surface area contributed by atoms with Crippen LogP contribution in [0, 0.1) is 0 Å². The Bertz CT molecular complexity index is 1320. The molecule has 0 aliphatic heterocycles. The number of hydrogen-bond acceptors (Lipinski definition) is 11. The molecule has 1 aromatic heterocycles. The van der Waals surface area contributed by atoms with Gasteiger partial charge in [0.25, 0.3) is 5.42 Å². The van der Waals surface area contributed by atoms with Crippen LogP contribution in [0.1, 0.15) is 201 Å². The quantitative estimate of drug-likeness (QED) is 0.0280. The van der Waals surface area contributed by atoms with Gasteiger partial charge in [0.2, 0.25) is 5.69 Å². The molecule has 0 saturated heterocycles. The first kappa shape index (κ1) is 57.4. The fourth-order valence-electron chi connectivity index (χ4n) is 7.26. The van der Waals surface area contributed by atoms with Gasteiger partial charge >= 0.3 is 24.5 Å². The lowest BCUT2D eigenvalue weighted by atomic mass is 10.1. The molecule has 0 fully saturated rings. The van der Waals surface area contributed by atoms with Gasteiger partial charge in [-0.3, -0.25) is 9.59 Å². The minimum absolute atomic E-state index is 0.0590. The van der Waals surface area contributed by atoms with Gasteiger partial charge in [0, 0.05) is 39.6 Å². The van der Waals surface area contributed by atoms with E-state index >= 15 is 0 Å². The molecule has 1 unspecified atom stereocenters. The topological polar surface area (TPSA) is 132 Å². The Hall–Kier alpha value is -2.59. The fraction of sp³-hybridized carbons (Fsp3) is 0.820. The predicted molar refractivity (Wildman–Crippen MR) is 259 cm³/mol. The number of allylic oxidation sites excluding steroid dienone is 4. The van der Waals surface area contributed by atoms with Crippen LogP contribution < -0.4 is 15.8 Å². The molecule has 0 radical (unpaired) electrons. The van der Waals surface area contributed by atoms with Gasteiger partial charge in [0.1, 0.15) is 0 Å². The van der Waals surface area contributed by atoms with Crippen molar-refractivity contribution >= 4 is 30.5 Å². The molecule has 0 spiro atoms. The number of rotatable bonds is 46. The van der Waals surface area contributed by atoms with Crippen LogP contribution in [0.3, 0.4) is 0 Å². The van der Waals surface area contributed by atoms with Crippen molar-refractivity contribution in [1.29, 1.82) is 0 Å². The van der Waals surface area contributed by atoms with Gasteiger partial charge in [0.15, 0.2) is 6.29 Å². The molecule has 358 valence electrons. The lowest BCUT2D eigenvalue weighted by Gasteiger charge is -2.22. The Labute approximate surface area is 378 Å². The first-order chi connectivity index (χ1) is 30.4. The molecule has 1 aromatic rings. The minimum atomic E-state index is -1.96. The second-order valence-corrected chi connectivity index (χ2v) is 18.1. The average molecular weight is 893 g/mol. The lowest BCUT2D eigenvalue weighted by molar-refractivity contribution is -0.159. The third-order valence-corrected chi connectivity index (χ3v) is 12.4. The van der Waals surface area contributed by atoms with E-state index in [-0.39, 0.29) is 23.4 Å². The van der Waals surface area contributed by atoms with Crippen molar-refractivity contribution in [1.82, 2.24) is 4.90 Å². The summed E-state index contributed by atoms with van der Waals surface area (Å²) in [6.07, 6.45) is 36.8. The number of anilines is 2. The molecule has 1 heterocycles. The number of unbranched alkanes of at least 4 members (excludes halogenated alkanes) is 17. The number of nitrogens with zero attached hydrogens (tertiary/aromatic N) is 1. The summed E-state index contributed by atoms with van der Waals surface area (Å²) in [4.78, 5) is 39.1. The molecule has 62 heavy (non-hydrogen) atoms. The van der Waals surface area contributed by atoms with Gasteiger partial charge in [0.05, 0.1) is 19.6 Å². The zero-order chi connectivity index (χ0) is 45.1. The number of carbonyl (C=O) groups excluding carboxylic acids is 2. The maximum atomic E-state index is 12.6. The van der Waals surface area contributed by atoms with E-state index in [1.165, 1.54) is 32.1 Å². The summed E-state index contributed by atoms with van der Waals surface area (Å²) >= 11 is 0. The Balaban J connectivity index is 2.36. The third-order valence-electron chi connectivity index (χ3n) is 11.1. The van der Waals surface area contributed by atoms with Crippen LogP contribution in [-0.2, 0) is 33.1 Å². The van der Waals surface area contributed by atoms with Crippen molar-refractivity contribution < 1.29 is 33.1 Å². The first-order valence-electron chi connectivity index (χ1n) is 25.1. The number of esters is 2. The summed E-state index contributed by atoms with van der Waals surface area (Å²) in [5, 5.41) is 5.78. The summed E-state index contributed by atoms with van der Waals surface area (Å²) in [5.41, 5.74) is 0.988. The summed E-state index contributed by atoms with van der Waals surface area (Å²) in [5.74, 6) is -0.250. The molecule has 1 rings (SSSR count). The number of carbonyl (C=O) groups is 2. The largest absolute Gasteiger partial charge is 0.480 e. The predicted octanol–water partition coefficient (Wildman–Crippen LogP) is 13.0. The molecule has 0 bridgehead atoms. The Morgan fingerprint density at radius 2 is 1.08 bits per heavy atom.